The van der Waals surface area contributed by atoms with Gasteiger partial charge in [-0.2, -0.15) is 13.2 Å². The quantitative estimate of drug-likeness (QED) is 0.815. The van der Waals surface area contributed by atoms with E-state index in [0.29, 0.717) is 37.2 Å². The number of hydrogen-bond acceptors (Lipinski definition) is 7. The number of halogens is 3. The summed E-state index contributed by atoms with van der Waals surface area (Å²) in [4.78, 5) is 13.6. The van der Waals surface area contributed by atoms with Crippen LogP contribution in [0.5, 0.6) is 0 Å². The van der Waals surface area contributed by atoms with E-state index in [4.69, 9.17) is 12.8 Å². The lowest BCUT2D eigenvalue weighted by Gasteiger charge is -2.39. The Labute approximate surface area is 161 Å². The Morgan fingerprint density at radius 2 is 2.04 bits per heavy atom. The van der Waals surface area contributed by atoms with E-state index in [1.165, 1.54) is 12.1 Å². The smallest absolute Gasteiger partial charge is 0.381 e. The van der Waals surface area contributed by atoms with Gasteiger partial charge in [0.25, 0.3) is 0 Å². The largest absolute Gasteiger partial charge is 0.434 e. The first-order valence-corrected chi connectivity index (χ1v) is 9.24. The normalized spacial score (nSPS) is 17.7. The standard InChI is InChI=1S/C17H21F3N6S/c1-16(10-21)4-7-26(8-5-16)12-9-24-15(14(22)25-12)27-11-3-2-6-23-13(11)17(18,19)20/h2-3,6,9H,4-5,7-8,10,21H2,1H3,(H2,22,25)/i9D. The second kappa shape index (κ2) is 7.51. The highest BCUT2D eigenvalue weighted by molar-refractivity contribution is 7.99. The van der Waals surface area contributed by atoms with Crippen LogP contribution in [0.1, 0.15) is 26.8 Å². The van der Waals surface area contributed by atoms with E-state index >= 15 is 0 Å². The molecule has 0 unspecified atom stereocenters. The summed E-state index contributed by atoms with van der Waals surface area (Å²) in [5, 5.41) is 0.0519. The zero-order chi connectivity index (χ0) is 20.5. The van der Waals surface area contributed by atoms with Gasteiger partial charge in [0, 0.05) is 24.2 Å². The van der Waals surface area contributed by atoms with E-state index in [0.717, 1.165) is 19.0 Å². The third-order valence-corrected chi connectivity index (χ3v) is 5.75. The Morgan fingerprint density at radius 3 is 2.67 bits per heavy atom. The van der Waals surface area contributed by atoms with Crippen molar-refractivity contribution in [3.05, 3.63) is 30.2 Å². The van der Waals surface area contributed by atoms with Crippen LogP contribution in [0.15, 0.2) is 34.4 Å². The van der Waals surface area contributed by atoms with Crippen LogP contribution in [-0.2, 0) is 6.18 Å². The van der Waals surface area contributed by atoms with Crippen molar-refractivity contribution in [2.24, 2.45) is 11.1 Å². The van der Waals surface area contributed by atoms with Gasteiger partial charge in [0.1, 0.15) is 10.8 Å². The third kappa shape index (κ3) is 4.44. The van der Waals surface area contributed by atoms with E-state index in [1.807, 2.05) is 4.90 Å². The Morgan fingerprint density at radius 1 is 1.33 bits per heavy atom. The molecule has 1 aliphatic heterocycles. The zero-order valence-corrected chi connectivity index (χ0v) is 15.6. The molecule has 0 radical (unpaired) electrons. The van der Waals surface area contributed by atoms with E-state index in [1.54, 1.807) is 0 Å². The minimum absolute atomic E-state index is 0.0138. The van der Waals surface area contributed by atoms with Crippen LogP contribution in [0.25, 0.3) is 0 Å². The second-order valence-electron chi connectivity index (χ2n) is 6.80. The molecule has 0 amide bonds. The van der Waals surface area contributed by atoms with Crippen molar-refractivity contribution in [3.8, 4) is 0 Å². The van der Waals surface area contributed by atoms with Crippen molar-refractivity contribution >= 4 is 23.4 Å². The monoisotopic (exact) mass is 399 g/mol. The molecule has 0 atom stereocenters. The van der Waals surface area contributed by atoms with Crippen LogP contribution in [-0.4, -0.2) is 34.6 Å². The Hall–Kier alpha value is -2.07. The maximum Gasteiger partial charge on any atom is 0.434 e. The lowest BCUT2D eigenvalue weighted by Crippen LogP contribution is -2.42. The fraction of sp³-hybridized carbons (Fsp3) is 0.471. The Kier molecular flexibility index (Phi) is 5.09. The molecule has 2 aromatic rings. The van der Waals surface area contributed by atoms with Crippen LogP contribution in [0.2, 0.25) is 0 Å². The minimum Gasteiger partial charge on any atom is -0.381 e. The van der Waals surface area contributed by atoms with Gasteiger partial charge in [-0.15, -0.1) is 0 Å². The highest BCUT2D eigenvalue weighted by Crippen LogP contribution is 2.39. The van der Waals surface area contributed by atoms with Crippen LogP contribution in [0, 0.1) is 5.41 Å². The number of nitrogens with zero attached hydrogens (tertiary/aromatic N) is 4. The first-order chi connectivity index (χ1) is 13.1. The van der Waals surface area contributed by atoms with E-state index < -0.39 is 11.9 Å². The van der Waals surface area contributed by atoms with Crippen LogP contribution in [0.3, 0.4) is 0 Å². The van der Waals surface area contributed by atoms with Gasteiger partial charge in [-0.05, 0) is 36.9 Å². The minimum atomic E-state index is -4.60. The lowest BCUT2D eigenvalue weighted by atomic mass is 9.80. The van der Waals surface area contributed by atoms with E-state index in [-0.39, 0.29) is 27.3 Å². The molecule has 0 aliphatic carbocycles. The van der Waals surface area contributed by atoms with Gasteiger partial charge < -0.3 is 16.4 Å². The van der Waals surface area contributed by atoms with Crippen molar-refractivity contribution < 1.29 is 14.5 Å². The molecule has 2 aromatic heterocycles. The number of anilines is 2. The molecule has 0 bridgehead atoms. The highest BCUT2D eigenvalue weighted by atomic mass is 32.2. The predicted molar refractivity (Wildman–Crippen MR) is 98.4 cm³/mol. The molecular formula is C17H21F3N6S. The average Bonchev–Trinajstić information content (AvgIpc) is 2.65. The van der Waals surface area contributed by atoms with Gasteiger partial charge in [-0.3, -0.25) is 4.98 Å². The lowest BCUT2D eigenvalue weighted by molar-refractivity contribution is -0.143. The molecular weight excluding hydrogens is 377 g/mol. The third-order valence-electron chi connectivity index (χ3n) is 4.71. The maximum absolute atomic E-state index is 13.1. The number of hydrogen-bond donors (Lipinski definition) is 2. The number of pyridine rings is 1. The van der Waals surface area contributed by atoms with Crippen molar-refractivity contribution in [2.45, 2.75) is 35.9 Å². The van der Waals surface area contributed by atoms with Gasteiger partial charge in [0.05, 0.1) is 7.54 Å². The molecule has 3 heterocycles. The van der Waals surface area contributed by atoms with Gasteiger partial charge in [-0.25, -0.2) is 9.97 Å². The van der Waals surface area contributed by atoms with Crippen molar-refractivity contribution in [1.82, 2.24) is 15.0 Å². The molecule has 4 N–H and O–H groups in total. The molecule has 3 rings (SSSR count). The Balaban J connectivity index is 1.84. The molecule has 27 heavy (non-hydrogen) atoms. The summed E-state index contributed by atoms with van der Waals surface area (Å²) < 4.78 is 47.6. The van der Waals surface area contributed by atoms with E-state index in [9.17, 15) is 13.2 Å². The fourth-order valence-corrected chi connectivity index (χ4v) is 3.68. The number of nitrogen functional groups attached to an aromatic ring is 1. The van der Waals surface area contributed by atoms with E-state index in [2.05, 4.69) is 21.9 Å². The van der Waals surface area contributed by atoms with Crippen molar-refractivity contribution in [1.29, 1.82) is 0 Å². The molecule has 0 saturated carbocycles. The SMILES string of the molecule is [2H]c1nc(Sc2cccnc2C(F)(F)F)c(N)nc1N1CCC(C)(CN)CC1. The molecule has 1 aliphatic rings. The van der Waals surface area contributed by atoms with Crippen LogP contribution in [0.4, 0.5) is 24.8 Å². The van der Waals surface area contributed by atoms with Gasteiger partial charge in [0.15, 0.2) is 11.5 Å². The van der Waals surface area contributed by atoms with Gasteiger partial charge in [0.2, 0.25) is 0 Å². The number of alkyl halides is 3. The first-order valence-electron chi connectivity index (χ1n) is 8.92. The fourth-order valence-electron chi connectivity index (χ4n) is 2.81. The zero-order valence-electron chi connectivity index (χ0n) is 15.8. The molecule has 0 spiro atoms. The number of rotatable bonds is 4. The molecule has 146 valence electrons. The number of aromatic nitrogens is 3. The number of piperidine rings is 1. The van der Waals surface area contributed by atoms with Crippen molar-refractivity contribution in [2.75, 3.05) is 30.3 Å². The van der Waals surface area contributed by atoms with Crippen LogP contribution >= 0.6 is 11.8 Å². The summed E-state index contributed by atoms with van der Waals surface area (Å²) in [6, 6.07) is 2.69. The number of nitrogens with two attached hydrogens (primary N) is 2. The molecule has 1 saturated heterocycles. The summed E-state index contributed by atoms with van der Waals surface area (Å²) in [7, 11) is 0. The van der Waals surface area contributed by atoms with Gasteiger partial charge in [-0.1, -0.05) is 18.7 Å². The Bertz CT molecular complexity index is 855. The first kappa shape index (κ1) is 18.3. The van der Waals surface area contributed by atoms with Crippen LogP contribution < -0.4 is 16.4 Å². The molecule has 0 aromatic carbocycles. The second-order valence-corrected chi connectivity index (χ2v) is 7.83. The molecule has 10 heteroatoms. The predicted octanol–water partition coefficient (Wildman–Crippen LogP) is 3.19. The summed E-state index contributed by atoms with van der Waals surface area (Å²) in [5.41, 5.74) is 10.8. The summed E-state index contributed by atoms with van der Waals surface area (Å²) in [6.45, 7) is 4.05. The van der Waals surface area contributed by atoms with Crippen molar-refractivity contribution in [3.63, 3.8) is 0 Å². The summed E-state index contributed by atoms with van der Waals surface area (Å²) >= 11 is 0.704. The summed E-state index contributed by atoms with van der Waals surface area (Å²) in [6.07, 6.45) is -1.94. The highest BCUT2D eigenvalue weighted by Gasteiger charge is 2.36. The average molecular weight is 399 g/mol. The summed E-state index contributed by atoms with van der Waals surface area (Å²) in [5.74, 6) is 0.322. The maximum atomic E-state index is 13.1. The topological polar surface area (TPSA) is 93.9 Å². The van der Waals surface area contributed by atoms with Gasteiger partial charge >= 0.3 is 6.18 Å². The molecule has 6 nitrogen and oxygen atoms in total. The molecule has 1 fully saturated rings.